The molecule has 0 heterocycles. The molecular weight excluding hydrogens is 206 g/mol. The minimum atomic E-state index is 1.11. The maximum atomic E-state index is 3.45. The Morgan fingerprint density at radius 3 is 2.35 bits per heavy atom. The molecule has 1 aromatic carbocycles. The van der Waals surface area contributed by atoms with Gasteiger partial charge in [0.1, 0.15) is 0 Å². The van der Waals surface area contributed by atoms with Gasteiger partial charge in [0.2, 0.25) is 0 Å². The average molecular weight is 227 g/mol. The zero-order valence-corrected chi connectivity index (χ0v) is 11.1. The van der Waals surface area contributed by atoms with Crippen LogP contribution in [0.25, 0.3) is 12.2 Å². The Bertz CT molecular complexity index is 533. The largest absolute Gasteiger partial charge is 0.355 e. The molecular formula is C16H21N. The summed E-state index contributed by atoms with van der Waals surface area (Å²) in [7, 11) is 0. The molecule has 0 radical (unpaired) electrons. The van der Waals surface area contributed by atoms with E-state index >= 15 is 0 Å². The van der Waals surface area contributed by atoms with Crippen molar-refractivity contribution in [1.29, 1.82) is 0 Å². The van der Waals surface area contributed by atoms with Crippen LogP contribution in [0.4, 0.5) is 5.69 Å². The van der Waals surface area contributed by atoms with Crippen LogP contribution in [0.3, 0.4) is 0 Å². The van der Waals surface area contributed by atoms with Crippen molar-refractivity contribution in [2.24, 2.45) is 0 Å². The van der Waals surface area contributed by atoms with Gasteiger partial charge in [0.25, 0.3) is 0 Å². The van der Waals surface area contributed by atoms with Crippen molar-refractivity contribution < 1.29 is 0 Å². The van der Waals surface area contributed by atoms with Crippen LogP contribution in [0.1, 0.15) is 27.7 Å². The van der Waals surface area contributed by atoms with E-state index in [1.165, 1.54) is 10.4 Å². The Kier molecular flexibility index (Phi) is 5.28. The Morgan fingerprint density at radius 1 is 1.06 bits per heavy atom. The number of rotatable bonds is 3. The molecule has 0 bridgehead atoms. The summed E-state index contributed by atoms with van der Waals surface area (Å²) in [6.45, 7) is 8.19. The highest BCUT2D eigenvalue weighted by molar-refractivity contribution is 5.55. The van der Waals surface area contributed by atoms with Crippen LogP contribution < -0.4 is 15.8 Å². The van der Waals surface area contributed by atoms with Crippen molar-refractivity contribution in [3.63, 3.8) is 0 Å². The van der Waals surface area contributed by atoms with Crippen LogP contribution in [-0.4, -0.2) is 0 Å². The molecule has 17 heavy (non-hydrogen) atoms. The average Bonchev–Trinajstić information content (AvgIpc) is 2.37. The third-order valence-electron chi connectivity index (χ3n) is 2.68. The molecule has 0 atom stereocenters. The topological polar surface area (TPSA) is 12.0 Å². The SMILES string of the molecule is C/C=C\C(=C/C)Nc1cccc(=C/C)/c1=C\C. The Labute approximate surface area is 104 Å². The molecule has 0 fully saturated rings. The fourth-order valence-electron chi connectivity index (χ4n) is 1.81. The summed E-state index contributed by atoms with van der Waals surface area (Å²) in [6, 6.07) is 6.31. The Hall–Kier alpha value is -1.76. The second kappa shape index (κ2) is 6.74. The van der Waals surface area contributed by atoms with Gasteiger partial charge in [-0.15, -0.1) is 0 Å². The summed E-state index contributed by atoms with van der Waals surface area (Å²) in [5, 5.41) is 5.95. The zero-order valence-electron chi connectivity index (χ0n) is 11.1. The molecule has 0 aromatic heterocycles. The molecule has 1 heteroatoms. The van der Waals surface area contributed by atoms with Crippen molar-refractivity contribution in [1.82, 2.24) is 0 Å². The first-order valence-corrected chi connectivity index (χ1v) is 6.04. The van der Waals surface area contributed by atoms with E-state index < -0.39 is 0 Å². The summed E-state index contributed by atoms with van der Waals surface area (Å²) < 4.78 is 0. The number of allylic oxidation sites excluding steroid dienone is 3. The van der Waals surface area contributed by atoms with Gasteiger partial charge in [-0.2, -0.15) is 0 Å². The monoisotopic (exact) mass is 227 g/mol. The fraction of sp³-hybridized carbons (Fsp3) is 0.250. The van der Waals surface area contributed by atoms with E-state index in [0.29, 0.717) is 0 Å². The predicted molar refractivity (Wildman–Crippen MR) is 78.2 cm³/mol. The minimum Gasteiger partial charge on any atom is -0.355 e. The lowest BCUT2D eigenvalue weighted by Crippen LogP contribution is -2.27. The highest BCUT2D eigenvalue weighted by atomic mass is 14.9. The summed E-state index contributed by atoms with van der Waals surface area (Å²) in [5.41, 5.74) is 2.26. The summed E-state index contributed by atoms with van der Waals surface area (Å²) >= 11 is 0. The highest BCUT2D eigenvalue weighted by Crippen LogP contribution is 2.04. The number of hydrogen-bond acceptors (Lipinski definition) is 1. The van der Waals surface area contributed by atoms with Crippen LogP contribution in [0.5, 0.6) is 0 Å². The maximum Gasteiger partial charge on any atom is 0.0460 e. The van der Waals surface area contributed by atoms with Crippen LogP contribution in [0, 0.1) is 0 Å². The van der Waals surface area contributed by atoms with Crippen molar-refractivity contribution in [2.45, 2.75) is 27.7 Å². The normalized spacial score (nSPS) is 14.7. The molecule has 0 saturated carbocycles. The smallest absolute Gasteiger partial charge is 0.0460 e. The van der Waals surface area contributed by atoms with Gasteiger partial charge in [-0.05, 0) is 45.1 Å². The Morgan fingerprint density at radius 2 is 1.82 bits per heavy atom. The van der Waals surface area contributed by atoms with Crippen LogP contribution >= 0.6 is 0 Å². The second-order valence-electron chi connectivity index (χ2n) is 3.75. The third kappa shape index (κ3) is 3.35. The highest BCUT2D eigenvalue weighted by Gasteiger charge is 1.96. The fourth-order valence-corrected chi connectivity index (χ4v) is 1.81. The number of benzene rings is 1. The standard InChI is InChI=1S/C16H21N/c1-5-10-14(7-3)17-16-12-9-11-13(6-2)15(16)8-4/h5-12,17H,1-4H3/b10-5-,13-6-,14-7+,15-8+. The molecule has 0 saturated heterocycles. The molecule has 0 aliphatic rings. The molecule has 0 amide bonds. The van der Waals surface area contributed by atoms with E-state index in [2.05, 4.69) is 61.7 Å². The third-order valence-corrected chi connectivity index (χ3v) is 2.68. The van der Waals surface area contributed by atoms with E-state index in [1.54, 1.807) is 0 Å². The molecule has 0 unspecified atom stereocenters. The van der Waals surface area contributed by atoms with Gasteiger partial charge in [0.05, 0.1) is 0 Å². The van der Waals surface area contributed by atoms with E-state index in [1.807, 2.05) is 19.9 Å². The van der Waals surface area contributed by atoms with Gasteiger partial charge < -0.3 is 5.32 Å². The Balaban J connectivity index is 3.26. The quantitative estimate of drug-likeness (QED) is 0.782. The van der Waals surface area contributed by atoms with E-state index in [4.69, 9.17) is 0 Å². The first-order valence-electron chi connectivity index (χ1n) is 6.04. The van der Waals surface area contributed by atoms with E-state index in [-0.39, 0.29) is 0 Å². The van der Waals surface area contributed by atoms with Gasteiger partial charge in [0, 0.05) is 16.6 Å². The summed E-state index contributed by atoms with van der Waals surface area (Å²) in [6.07, 6.45) is 10.4. The minimum absolute atomic E-state index is 1.11. The van der Waals surface area contributed by atoms with Crippen molar-refractivity contribution in [3.8, 4) is 0 Å². The maximum absolute atomic E-state index is 3.45. The molecule has 0 spiro atoms. The van der Waals surface area contributed by atoms with E-state index in [9.17, 15) is 0 Å². The summed E-state index contributed by atoms with van der Waals surface area (Å²) in [4.78, 5) is 0. The van der Waals surface area contributed by atoms with Gasteiger partial charge in [-0.3, -0.25) is 0 Å². The van der Waals surface area contributed by atoms with Gasteiger partial charge in [-0.25, -0.2) is 0 Å². The molecule has 1 nitrogen and oxygen atoms in total. The zero-order chi connectivity index (χ0) is 12.7. The molecule has 1 N–H and O–H groups in total. The van der Waals surface area contributed by atoms with Gasteiger partial charge in [-0.1, -0.05) is 36.4 Å². The lowest BCUT2D eigenvalue weighted by atomic mass is 10.2. The molecule has 0 aliphatic heterocycles. The first-order chi connectivity index (χ1) is 8.26. The lowest BCUT2D eigenvalue weighted by Gasteiger charge is -2.08. The van der Waals surface area contributed by atoms with Crippen molar-refractivity contribution in [2.75, 3.05) is 5.32 Å². The number of hydrogen-bond donors (Lipinski definition) is 1. The summed E-state index contributed by atoms with van der Waals surface area (Å²) in [5.74, 6) is 0. The van der Waals surface area contributed by atoms with Crippen molar-refractivity contribution >= 4 is 17.8 Å². The first kappa shape index (κ1) is 13.3. The van der Waals surface area contributed by atoms with Gasteiger partial charge >= 0.3 is 0 Å². The molecule has 0 aliphatic carbocycles. The number of anilines is 1. The molecule has 1 aromatic rings. The van der Waals surface area contributed by atoms with Crippen LogP contribution in [0.2, 0.25) is 0 Å². The molecule has 90 valence electrons. The van der Waals surface area contributed by atoms with E-state index in [0.717, 1.165) is 11.4 Å². The van der Waals surface area contributed by atoms with Crippen LogP contribution in [-0.2, 0) is 0 Å². The lowest BCUT2D eigenvalue weighted by molar-refractivity contribution is 1.39. The van der Waals surface area contributed by atoms with Gasteiger partial charge in [0.15, 0.2) is 0 Å². The van der Waals surface area contributed by atoms with Crippen molar-refractivity contribution in [3.05, 3.63) is 52.6 Å². The number of nitrogens with one attached hydrogen (secondary N) is 1. The van der Waals surface area contributed by atoms with Crippen LogP contribution in [0.15, 0.2) is 42.1 Å². The molecule has 1 rings (SSSR count). The second-order valence-corrected chi connectivity index (χ2v) is 3.75. The predicted octanol–water partition coefficient (Wildman–Crippen LogP) is 3.18.